The summed E-state index contributed by atoms with van der Waals surface area (Å²) in [6, 6.07) is 15.1. The smallest absolute Gasteiger partial charge is 0.276 e. The topological polar surface area (TPSA) is 93.0 Å². The van der Waals surface area contributed by atoms with Crippen molar-refractivity contribution in [2.75, 3.05) is 18.2 Å². The number of carbonyl (C=O) groups is 1. The van der Waals surface area contributed by atoms with E-state index < -0.39 is 0 Å². The van der Waals surface area contributed by atoms with Gasteiger partial charge >= 0.3 is 0 Å². The van der Waals surface area contributed by atoms with E-state index in [4.69, 9.17) is 9.15 Å². The van der Waals surface area contributed by atoms with E-state index in [0.29, 0.717) is 23.3 Å². The van der Waals surface area contributed by atoms with Crippen LogP contribution in [0.15, 0.2) is 64.4 Å². The number of amides is 1. The van der Waals surface area contributed by atoms with Crippen molar-refractivity contribution in [1.82, 2.24) is 15.2 Å². The first-order valence-corrected chi connectivity index (χ1v) is 9.68. The Labute approximate surface area is 165 Å². The van der Waals surface area contributed by atoms with Gasteiger partial charge in [-0.05, 0) is 30.3 Å². The number of methoxy groups -OCH3 is 1. The molecule has 28 heavy (non-hydrogen) atoms. The highest BCUT2D eigenvalue weighted by Gasteiger charge is 2.14. The second-order valence-electron chi connectivity index (χ2n) is 6.00. The average Bonchev–Trinajstić information content (AvgIpc) is 3.35. The third kappa shape index (κ3) is 4.01. The maximum absolute atomic E-state index is 12.1. The van der Waals surface area contributed by atoms with Crippen molar-refractivity contribution in [3.8, 4) is 17.2 Å². The first-order chi connectivity index (χ1) is 13.7. The molecule has 1 amide bonds. The van der Waals surface area contributed by atoms with Gasteiger partial charge in [-0.2, -0.15) is 0 Å². The van der Waals surface area contributed by atoms with Gasteiger partial charge in [-0.25, -0.2) is 0 Å². The third-order valence-corrected chi connectivity index (χ3v) is 4.97. The van der Waals surface area contributed by atoms with Crippen molar-refractivity contribution in [2.45, 2.75) is 11.6 Å². The first kappa shape index (κ1) is 18.1. The normalized spacial score (nSPS) is 10.9. The molecule has 142 valence electrons. The minimum atomic E-state index is -0.0750. The molecule has 2 aromatic heterocycles. The molecule has 4 aromatic rings. The Kier molecular flexibility index (Phi) is 5.29. The lowest BCUT2D eigenvalue weighted by Gasteiger charge is -2.05. The Bertz CT molecular complexity index is 1090. The van der Waals surface area contributed by atoms with Crippen LogP contribution in [0, 0.1) is 0 Å². The highest BCUT2D eigenvalue weighted by Crippen LogP contribution is 2.29. The number of aromatic nitrogens is 3. The maximum atomic E-state index is 12.1. The van der Waals surface area contributed by atoms with Gasteiger partial charge in [0.2, 0.25) is 5.91 Å². The van der Waals surface area contributed by atoms with Crippen LogP contribution in [0.1, 0.15) is 6.42 Å². The molecule has 0 unspecified atom stereocenters. The van der Waals surface area contributed by atoms with Crippen LogP contribution in [0.2, 0.25) is 0 Å². The van der Waals surface area contributed by atoms with E-state index in [1.807, 2.05) is 30.5 Å². The molecule has 0 aliphatic heterocycles. The molecule has 7 nitrogen and oxygen atoms in total. The minimum absolute atomic E-state index is 0.0750. The van der Waals surface area contributed by atoms with Gasteiger partial charge in [-0.3, -0.25) is 4.79 Å². The minimum Gasteiger partial charge on any atom is -0.497 e. The quantitative estimate of drug-likeness (QED) is 0.453. The van der Waals surface area contributed by atoms with Gasteiger partial charge in [0.25, 0.3) is 11.1 Å². The van der Waals surface area contributed by atoms with Gasteiger partial charge in [-0.1, -0.05) is 30.0 Å². The first-order valence-electron chi connectivity index (χ1n) is 8.69. The van der Waals surface area contributed by atoms with Crippen LogP contribution >= 0.6 is 11.8 Å². The van der Waals surface area contributed by atoms with Crippen LogP contribution in [0.4, 0.5) is 5.69 Å². The fraction of sp³-hybridized carbons (Fsp3) is 0.150. The van der Waals surface area contributed by atoms with E-state index in [9.17, 15) is 4.79 Å². The Morgan fingerprint density at radius 3 is 2.82 bits per heavy atom. The van der Waals surface area contributed by atoms with Gasteiger partial charge in [0.15, 0.2) is 0 Å². The van der Waals surface area contributed by atoms with E-state index in [0.717, 1.165) is 27.9 Å². The number of benzene rings is 2. The monoisotopic (exact) mass is 394 g/mol. The van der Waals surface area contributed by atoms with Crippen molar-refractivity contribution in [3.63, 3.8) is 0 Å². The summed E-state index contributed by atoms with van der Waals surface area (Å²) in [6.45, 7) is 0. The zero-order valence-corrected chi connectivity index (χ0v) is 16.0. The zero-order chi connectivity index (χ0) is 19.3. The number of aromatic amines is 1. The molecule has 4 rings (SSSR count). The van der Waals surface area contributed by atoms with Crippen LogP contribution in [-0.2, 0) is 4.79 Å². The zero-order valence-electron chi connectivity index (χ0n) is 15.1. The predicted octanol–water partition coefficient (Wildman–Crippen LogP) is 4.35. The van der Waals surface area contributed by atoms with Crippen molar-refractivity contribution < 1.29 is 13.9 Å². The molecule has 0 bridgehead atoms. The summed E-state index contributed by atoms with van der Waals surface area (Å²) in [4.78, 5) is 15.3. The molecule has 2 heterocycles. The lowest BCUT2D eigenvalue weighted by Crippen LogP contribution is -2.12. The number of hydrogen-bond donors (Lipinski definition) is 2. The molecular weight excluding hydrogens is 376 g/mol. The van der Waals surface area contributed by atoms with E-state index in [-0.39, 0.29) is 5.91 Å². The fourth-order valence-corrected chi connectivity index (χ4v) is 3.45. The number of fused-ring (bicyclic) bond motifs is 1. The van der Waals surface area contributed by atoms with E-state index in [1.54, 1.807) is 31.4 Å². The molecular formula is C20H18N4O3S. The van der Waals surface area contributed by atoms with E-state index >= 15 is 0 Å². The van der Waals surface area contributed by atoms with Gasteiger partial charge in [0, 0.05) is 35.0 Å². The summed E-state index contributed by atoms with van der Waals surface area (Å²) in [6.07, 6.45) is 2.19. The molecule has 0 fully saturated rings. The SMILES string of the molecule is COc1ccc(NC(=O)CCSc2nnc(-c3c[nH]c4ccccc34)o2)cc1. The highest BCUT2D eigenvalue weighted by molar-refractivity contribution is 7.99. The molecule has 2 aromatic carbocycles. The molecule has 0 atom stereocenters. The van der Waals surface area contributed by atoms with Gasteiger partial charge < -0.3 is 19.5 Å². The number of thioether (sulfide) groups is 1. The van der Waals surface area contributed by atoms with Gasteiger partial charge in [0.1, 0.15) is 5.75 Å². The Balaban J connectivity index is 1.31. The Morgan fingerprint density at radius 1 is 1.18 bits per heavy atom. The summed E-state index contributed by atoms with van der Waals surface area (Å²) in [5.74, 6) is 1.67. The molecule has 0 spiro atoms. The largest absolute Gasteiger partial charge is 0.497 e. The second-order valence-corrected chi connectivity index (χ2v) is 7.04. The van der Waals surface area contributed by atoms with Crippen LogP contribution in [0.3, 0.4) is 0 Å². The van der Waals surface area contributed by atoms with E-state index in [2.05, 4.69) is 20.5 Å². The summed E-state index contributed by atoms with van der Waals surface area (Å²) < 4.78 is 10.8. The van der Waals surface area contributed by atoms with Crippen LogP contribution in [-0.4, -0.2) is 34.0 Å². The number of H-pyrrole nitrogens is 1. The summed E-state index contributed by atoms with van der Waals surface area (Å²) >= 11 is 1.36. The Hall–Kier alpha value is -3.26. The Morgan fingerprint density at radius 2 is 2.00 bits per heavy atom. The molecule has 0 saturated carbocycles. The number of nitrogens with one attached hydrogen (secondary N) is 2. The van der Waals surface area contributed by atoms with Crippen molar-refractivity contribution in [2.24, 2.45) is 0 Å². The molecule has 2 N–H and O–H groups in total. The number of carbonyl (C=O) groups excluding carboxylic acids is 1. The summed E-state index contributed by atoms with van der Waals surface area (Å²) in [5.41, 5.74) is 2.61. The van der Waals surface area contributed by atoms with Gasteiger partial charge in [0.05, 0.1) is 12.7 Å². The summed E-state index contributed by atoms with van der Waals surface area (Å²) in [5, 5.41) is 12.5. The van der Waals surface area contributed by atoms with Crippen LogP contribution in [0.25, 0.3) is 22.4 Å². The number of rotatable bonds is 7. The van der Waals surface area contributed by atoms with Gasteiger partial charge in [-0.15, -0.1) is 10.2 Å². The van der Waals surface area contributed by atoms with Crippen LogP contribution in [0.5, 0.6) is 5.75 Å². The number of ether oxygens (including phenoxy) is 1. The van der Waals surface area contributed by atoms with E-state index in [1.165, 1.54) is 11.8 Å². The van der Waals surface area contributed by atoms with Crippen molar-refractivity contribution in [1.29, 1.82) is 0 Å². The summed E-state index contributed by atoms with van der Waals surface area (Å²) in [7, 11) is 1.60. The predicted molar refractivity (Wildman–Crippen MR) is 109 cm³/mol. The number of nitrogens with zero attached hydrogens (tertiary/aromatic N) is 2. The fourth-order valence-electron chi connectivity index (χ4n) is 2.75. The third-order valence-electron chi connectivity index (χ3n) is 4.15. The second kappa shape index (κ2) is 8.18. The molecule has 0 aliphatic rings. The number of para-hydroxylation sites is 1. The number of hydrogen-bond acceptors (Lipinski definition) is 6. The lowest BCUT2D eigenvalue weighted by atomic mass is 10.2. The maximum Gasteiger partial charge on any atom is 0.276 e. The number of anilines is 1. The van der Waals surface area contributed by atoms with Crippen molar-refractivity contribution in [3.05, 3.63) is 54.7 Å². The molecule has 0 saturated heterocycles. The van der Waals surface area contributed by atoms with Crippen molar-refractivity contribution >= 4 is 34.3 Å². The average molecular weight is 394 g/mol. The standard InChI is InChI=1S/C20H18N4O3S/c1-26-14-8-6-13(7-9-14)22-18(25)10-11-28-20-24-23-19(27-20)16-12-21-17-5-3-2-4-15(16)17/h2-9,12,21H,10-11H2,1H3,(H,22,25). The van der Waals surface area contributed by atoms with Crippen LogP contribution < -0.4 is 10.1 Å². The molecule has 0 radical (unpaired) electrons. The molecule has 0 aliphatic carbocycles. The lowest BCUT2D eigenvalue weighted by molar-refractivity contribution is -0.115. The molecule has 8 heteroatoms. The highest BCUT2D eigenvalue weighted by atomic mass is 32.2.